The number of nitrogens with zero attached hydrogens (tertiary/aromatic N) is 3. The van der Waals surface area contributed by atoms with Crippen LogP contribution < -0.4 is 15.4 Å². The third-order valence-electron chi connectivity index (χ3n) is 4.63. The quantitative estimate of drug-likeness (QED) is 0.327. The maximum Gasteiger partial charge on any atom is 0.288 e. The van der Waals surface area contributed by atoms with Crippen molar-refractivity contribution in [3.8, 4) is 5.75 Å². The molecule has 1 heterocycles. The Morgan fingerprint density at radius 3 is 2.12 bits per heavy atom. The Morgan fingerprint density at radius 1 is 0.848 bits per heavy atom. The van der Waals surface area contributed by atoms with Crippen LogP contribution in [-0.2, 0) is 13.1 Å². The molecule has 2 N–H and O–H groups in total. The Labute approximate surface area is 201 Å². The van der Waals surface area contributed by atoms with Gasteiger partial charge in [-0.15, -0.1) is 5.10 Å². The Hall–Kier alpha value is -3.55. The van der Waals surface area contributed by atoms with E-state index in [-0.39, 0.29) is 12.5 Å². The van der Waals surface area contributed by atoms with Crippen molar-refractivity contribution in [2.75, 3.05) is 17.2 Å². The second-order valence-corrected chi connectivity index (χ2v) is 8.01. The van der Waals surface area contributed by atoms with Gasteiger partial charge < -0.3 is 15.4 Å². The van der Waals surface area contributed by atoms with Crippen LogP contribution in [0, 0.1) is 0 Å². The first-order valence-corrected chi connectivity index (χ1v) is 11.0. The summed E-state index contributed by atoms with van der Waals surface area (Å²) in [5, 5.41) is 11.9. The number of benzene rings is 3. The maximum absolute atomic E-state index is 12.9. The molecular formula is C24H21Cl2N5O2. The Balaban J connectivity index is 1.49. The molecular weight excluding hydrogens is 461 g/mol. The average molecular weight is 482 g/mol. The molecule has 0 fully saturated rings. The highest BCUT2D eigenvalue weighted by Crippen LogP contribution is 2.16. The lowest BCUT2D eigenvalue weighted by Gasteiger charge is -2.08. The summed E-state index contributed by atoms with van der Waals surface area (Å²) in [6.45, 7) is 0.680. The van der Waals surface area contributed by atoms with Crippen molar-refractivity contribution < 1.29 is 9.53 Å². The number of anilines is 2. The molecule has 4 rings (SSSR count). The number of hydrogen-bond donors (Lipinski definition) is 2. The zero-order valence-corrected chi connectivity index (χ0v) is 19.1. The van der Waals surface area contributed by atoms with Gasteiger partial charge in [-0.2, -0.15) is 9.67 Å². The minimum absolute atomic E-state index is 0.188. The van der Waals surface area contributed by atoms with E-state index in [0.29, 0.717) is 40.8 Å². The summed E-state index contributed by atoms with van der Waals surface area (Å²) in [5.74, 6) is 0.830. The van der Waals surface area contributed by atoms with Crippen molar-refractivity contribution in [1.82, 2.24) is 14.8 Å². The summed E-state index contributed by atoms with van der Waals surface area (Å²) in [4.78, 5) is 17.3. The molecule has 0 spiro atoms. The maximum atomic E-state index is 12.9. The van der Waals surface area contributed by atoms with E-state index in [2.05, 4.69) is 20.7 Å². The number of aromatic nitrogens is 3. The van der Waals surface area contributed by atoms with Gasteiger partial charge in [0.1, 0.15) is 5.75 Å². The van der Waals surface area contributed by atoms with Crippen molar-refractivity contribution >= 4 is 41.0 Å². The normalized spacial score (nSPS) is 10.6. The standard InChI is InChI=1S/C24H21Cl2N5O2/c25-19-8-4-6-17(12-19)14-27-23-29-24(28-15-18-7-5-9-20(26)13-18)31(30-23)22(32)16-33-21-10-2-1-3-11-21/h1-13H,14-16H2,(H2,27,28,29,30). The van der Waals surface area contributed by atoms with E-state index < -0.39 is 0 Å². The van der Waals surface area contributed by atoms with Gasteiger partial charge in [0, 0.05) is 23.1 Å². The smallest absolute Gasteiger partial charge is 0.288 e. The van der Waals surface area contributed by atoms with E-state index in [0.717, 1.165) is 11.1 Å². The highest BCUT2D eigenvalue weighted by molar-refractivity contribution is 6.30. The molecule has 0 saturated heterocycles. The van der Waals surface area contributed by atoms with Gasteiger partial charge in [0.25, 0.3) is 5.91 Å². The third-order valence-corrected chi connectivity index (χ3v) is 5.10. The molecule has 0 aliphatic rings. The summed E-state index contributed by atoms with van der Waals surface area (Å²) in [5.41, 5.74) is 1.91. The number of halogens is 2. The number of rotatable bonds is 9. The van der Waals surface area contributed by atoms with Gasteiger partial charge >= 0.3 is 0 Å². The molecule has 3 aromatic carbocycles. The van der Waals surface area contributed by atoms with E-state index in [1.165, 1.54) is 4.68 Å². The number of nitrogens with one attached hydrogen (secondary N) is 2. The highest BCUT2D eigenvalue weighted by atomic mass is 35.5. The van der Waals surface area contributed by atoms with Crippen molar-refractivity contribution in [3.05, 3.63) is 100 Å². The second-order valence-electron chi connectivity index (χ2n) is 7.13. The molecule has 0 unspecified atom stereocenters. The lowest BCUT2D eigenvalue weighted by Crippen LogP contribution is -2.22. The molecule has 0 aliphatic carbocycles. The van der Waals surface area contributed by atoms with Gasteiger partial charge in [-0.1, -0.05) is 65.7 Å². The van der Waals surface area contributed by atoms with Crippen LogP contribution in [0.3, 0.4) is 0 Å². The zero-order valence-electron chi connectivity index (χ0n) is 17.5. The molecule has 0 radical (unpaired) electrons. The molecule has 168 valence electrons. The largest absolute Gasteiger partial charge is 0.484 e. The first-order chi connectivity index (χ1) is 16.1. The Morgan fingerprint density at radius 2 is 1.48 bits per heavy atom. The van der Waals surface area contributed by atoms with E-state index in [4.69, 9.17) is 27.9 Å². The topological polar surface area (TPSA) is 81.1 Å². The van der Waals surface area contributed by atoms with Crippen molar-refractivity contribution in [3.63, 3.8) is 0 Å². The van der Waals surface area contributed by atoms with Crippen LogP contribution in [0.4, 0.5) is 11.9 Å². The number of ether oxygens (including phenoxy) is 1. The fraction of sp³-hybridized carbons (Fsp3) is 0.125. The van der Waals surface area contributed by atoms with E-state index in [1.807, 2.05) is 54.6 Å². The van der Waals surface area contributed by atoms with Gasteiger partial charge in [-0.05, 0) is 47.5 Å². The Bertz CT molecular complexity index is 1230. The van der Waals surface area contributed by atoms with Crippen LogP contribution in [0.1, 0.15) is 15.9 Å². The first-order valence-electron chi connectivity index (χ1n) is 10.2. The fourth-order valence-corrected chi connectivity index (χ4v) is 3.48. The predicted molar refractivity (Wildman–Crippen MR) is 130 cm³/mol. The molecule has 33 heavy (non-hydrogen) atoms. The third kappa shape index (κ3) is 6.47. The van der Waals surface area contributed by atoms with Crippen LogP contribution in [0.5, 0.6) is 5.75 Å². The summed E-state index contributed by atoms with van der Waals surface area (Å²) in [6.07, 6.45) is 0. The number of para-hydroxylation sites is 1. The highest BCUT2D eigenvalue weighted by Gasteiger charge is 2.17. The van der Waals surface area contributed by atoms with Crippen molar-refractivity contribution in [2.24, 2.45) is 0 Å². The van der Waals surface area contributed by atoms with Gasteiger partial charge in [0.05, 0.1) is 0 Å². The fourth-order valence-electron chi connectivity index (χ4n) is 3.05. The molecule has 4 aromatic rings. The zero-order chi connectivity index (χ0) is 23.0. The van der Waals surface area contributed by atoms with Crippen LogP contribution in [0.25, 0.3) is 0 Å². The van der Waals surface area contributed by atoms with E-state index in [9.17, 15) is 4.79 Å². The summed E-state index contributed by atoms with van der Waals surface area (Å²) >= 11 is 12.1. The number of carbonyl (C=O) groups excluding carboxylic acids is 1. The SMILES string of the molecule is O=C(COc1ccccc1)n1nc(NCc2cccc(Cl)c2)nc1NCc1cccc(Cl)c1. The number of hydrogen-bond acceptors (Lipinski definition) is 6. The van der Waals surface area contributed by atoms with Gasteiger partial charge in [0.15, 0.2) is 6.61 Å². The van der Waals surface area contributed by atoms with Crippen LogP contribution in [0.15, 0.2) is 78.9 Å². The lowest BCUT2D eigenvalue weighted by molar-refractivity contribution is 0.0824. The van der Waals surface area contributed by atoms with Crippen molar-refractivity contribution in [2.45, 2.75) is 13.1 Å². The number of carbonyl (C=O) groups is 1. The molecule has 0 amide bonds. The molecule has 0 atom stereocenters. The molecule has 9 heteroatoms. The van der Waals surface area contributed by atoms with Crippen LogP contribution in [-0.4, -0.2) is 27.3 Å². The van der Waals surface area contributed by atoms with E-state index >= 15 is 0 Å². The van der Waals surface area contributed by atoms with Gasteiger partial charge in [0.2, 0.25) is 11.9 Å². The van der Waals surface area contributed by atoms with Crippen LogP contribution >= 0.6 is 23.2 Å². The molecule has 0 saturated carbocycles. The van der Waals surface area contributed by atoms with Gasteiger partial charge in [-0.3, -0.25) is 4.79 Å². The molecule has 0 bridgehead atoms. The summed E-state index contributed by atoms with van der Waals surface area (Å²) in [7, 11) is 0. The van der Waals surface area contributed by atoms with Gasteiger partial charge in [-0.25, -0.2) is 0 Å². The summed E-state index contributed by atoms with van der Waals surface area (Å²) < 4.78 is 6.79. The predicted octanol–water partition coefficient (Wildman–Crippen LogP) is 5.53. The Kier molecular flexibility index (Phi) is 7.44. The lowest BCUT2D eigenvalue weighted by atomic mass is 10.2. The first kappa shape index (κ1) is 22.6. The monoisotopic (exact) mass is 481 g/mol. The molecule has 7 nitrogen and oxygen atoms in total. The van der Waals surface area contributed by atoms with Crippen molar-refractivity contribution in [1.29, 1.82) is 0 Å². The van der Waals surface area contributed by atoms with E-state index in [1.54, 1.807) is 24.3 Å². The van der Waals surface area contributed by atoms with Crippen LogP contribution in [0.2, 0.25) is 10.0 Å². The average Bonchev–Trinajstić information content (AvgIpc) is 3.24. The summed E-state index contributed by atoms with van der Waals surface area (Å²) in [6, 6.07) is 24.0. The second kappa shape index (κ2) is 10.8. The minimum atomic E-state index is -0.365. The minimum Gasteiger partial charge on any atom is -0.484 e. The molecule has 0 aliphatic heterocycles. The molecule has 1 aromatic heterocycles.